The Morgan fingerprint density at radius 1 is 1.05 bits per heavy atom. The molecule has 0 amide bonds. The Morgan fingerprint density at radius 3 is 2.90 bits per heavy atom. The van der Waals surface area contributed by atoms with Crippen LogP contribution in [0, 0.1) is 5.92 Å². The van der Waals surface area contributed by atoms with Crippen LogP contribution in [0.3, 0.4) is 0 Å². The van der Waals surface area contributed by atoms with E-state index in [1.165, 1.54) is 64.8 Å². The lowest BCUT2D eigenvalue weighted by Gasteiger charge is -2.36. The topological polar surface area (TPSA) is 27.7 Å². The van der Waals surface area contributed by atoms with E-state index >= 15 is 0 Å². The van der Waals surface area contributed by atoms with Crippen molar-refractivity contribution in [2.24, 2.45) is 5.92 Å². The number of morpholine rings is 1. The van der Waals surface area contributed by atoms with Crippen LogP contribution in [0.25, 0.3) is 0 Å². The maximum Gasteiger partial charge on any atom is 0.0829 e. The Bertz CT molecular complexity index is 334. The monoisotopic (exact) mass is 279 g/mol. The third kappa shape index (κ3) is 3.19. The van der Waals surface area contributed by atoms with Crippen LogP contribution in [0.5, 0.6) is 0 Å². The third-order valence-corrected chi connectivity index (χ3v) is 5.57. The number of nitrogens with zero attached hydrogens (tertiary/aromatic N) is 2. The normalized spacial score (nSPS) is 39.3. The number of rotatable bonds is 5. The first-order valence-corrected chi connectivity index (χ1v) is 8.68. The molecule has 4 nitrogen and oxygen atoms in total. The van der Waals surface area contributed by atoms with Crippen molar-refractivity contribution in [3.8, 4) is 0 Å². The molecule has 3 atom stereocenters. The number of ether oxygens (including phenoxy) is 1. The minimum Gasteiger partial charge on any atom is -0.374 e. The van der Waals surface area contributed by atoms with Crippen LogP contribution in [0.2, 0.25) is 0 Å². The van der Waals surface area contributed by atoms with E-state index in [9.17, 15) is 0 Å². The fourth-order valence-corrected chi connectivity index (χ4v) is 4.15. The molecule has 0 bridgehead atoms. The quantitative estimate of drug-likeness (QED) is 0.810. The summed E-state index contributed by atoms with van der Waals surface area (Å²) in [4.78, 5) is 5.30. The summed E-state index contributed by atoms with van der Waals surface area (Å²) in [6.45, 7) is 8.41. The molecule has 20 heavy (non-hydrogen) atoms. The standard InChI is InChI=1S/C16H29N3O/c1-2-15-12-20-16(11-19(15)6-1)10-18-7-5-13(9-18)8-17-14-3-4-14/h13-17H,1-12H2. The Hall–Kier alpha value is -0.160. The zero-order chi connectivity index (χ0) is 13.4. The molecule has 4 aliphatic rings. The van der Waals surface area contributed by atoms with Crippen molar-refractivity contribution in [2.45, 2.75) is 50.3 Å². The number of hydrogen-bond acceptors (Lipinski definition) is 4. The molecule has 3 heterocycles. The summed E-state index contributed by atoms with van der Waals surface area (Å²) in [7, 11) is 0. The van der Waals surface area contributed by atoms with Crippen molar-refractivity contribution in [2.75, 3.05) is 45.9 Å². The lowest BCUT2D eigenvalue weighted by Crippen LogP contribution is -2.49. The van der Waals surface area contributed by atoms with Gasteiger partial charge in [-0.25, -0.2) is 0 Å². The van der Waals surface area contributed by atoms with Gasteiger partial charge in [0.05, 0.1) is 12.7 Å². The maximum absolute atomic E-state index is 6.10. The molecular formula is C16H29N3O. The van der Waals surface area contributed by atoms with Gasteiger partial charge in [-0.1, -0.05) is 0 Å². The number of likely N-dealkylation sites (tertiary alicyclic amines) is 1. The SMILES string of the molecule is C1CC2COC(CN3CCC(CNC4CC4)C3)CN2C1. The van der Waals surface area contributed by atoms with Gasteiger partial charge in [-0.15, -0.1) is 0 Å². The van der Waals surface area contributed by atoms with Crippen molar-refractivity contribution < 1.29 is 4.74 Å². The first-order valence-electron chi connectivity index (χ1n) is 8.68. The van der Waals surface area contributed by atoms with Gasteiger partial charge in [0.2, 0.25) is 0 Å². The average molecular weight is 279 g/mol. The molecule has 3 aliphatic heterocycles. The summed E-state index contributed by atoms with van der Waals surface area (Å²) in [5.41, 5.74) is 0. The minimum absolute atomic E-state index is 0.458. The van der Waals surface area contributed by atoms with Gasteiger partial charge in [-0.2, -0.15) is 0 Å². The smallest absolute Gasteiger partial charge is 0.0829 e. The molecule has 4 heteroatoms. The van der Waals surface area contributed by atoms with E-state index in [0.29, 0.717) is 6.10 Å². The summed E-state index contributed by atoms with van der Waals surface area (Å²) in [6, 6.07) is 1.60. The van der Waals surface area contributed by atoms with Gasteiger partial charge in [0.25, 0.3) is 0 Å². The summed E-state index contributed by atoms with van der Waals surface area (Å²) >= 11 is 0. The Morgan fingerprint density at radius 2 is 2.00 bits per heavy atom. The third-order valence-electron chi connectivity index (χ3n) is 5.57. The number of fused-ring (bicyclic) bond motifs is 1. The first kappa shape index (κ1) is 13.5. The van der Waals surface area contributed by atoms with Gasteiger partial charge in [0, 0.05) is 31.7 Å². The summed E-state index contributed by atoms with van der Waals surface area (Å²) in [6.07, 6.45) is 7.37. The van der Waals surface area contributed by atoms with Crippen molar-refractivity contribution in [1.82, 2.24) is 15.1 Å². The lowest BCUT2D eigenvalue weighted by atomic mass is 10.1. The molecule has 114 valence electrons. The van der Waals surface area contributed by atoms with Crippen LogP contribution in [0.1, 0.15) is 32.1 Å². The molecule has 1 saturated carbocycles. The highest BCUT2D eigenvalue weighted by Gasteiger charge is 2.34. The molecule has 0 spiro atoms. The Balaban J connectivity index is 1.19. The molecule has 0 aromatic carbocycles. The zero-order valence-electron chi connectivity index (χ0n) is 12.6. The van der Waals surface area contributed by atoms with Gasteiger partial charge in [-0.3, -0.25) is 4.90 Å². The molecule has 1 aliphatic carbocycles. The van der Waals surface area contributed by atoms with Gasteiger partial charge >= 0.3 is 0 Å². The van der Waals surface area contributed by atoms with Crippen molar-refractivity contribution >= 4 is 0 Å². The molecule has 1 N–H and O–H groups in total. The van der Waals surface area contributed by atoms with Crippen LogP contribution >= 0.6 is 0 Å². The van der Waals surface area contributed by atoms with Crippen molar-refractivity contribution in [1.29, 1.82) is 0 Å². The van der Waals surface area contributed by atoms with Crippen molar-refractivity contribution in [3.63, 3.8) is 0 Å². The minimum atomic E-state index is 0.458. The summed E-state index contributed by atoms with van der Waals surface area (Å²) in [5.74, 6) is 0.874. The van der Waals surface area contributed by atoms with Gasteiger partial charge in [0.1, 0.15) is 0 Å². The molecule has 0 radical (unpaired) electrons. The second-order valence-electron chi connectivity index (χ2n) is 7.34. The number of nitrogens with one attached hydrogen (secondary N) is 1. The Kier molecular flexibility index (Phi) is 3.99. The van der Waals surface area contributed by atoms with E-state index in [2.05, 4.69) is 15.1 Å². The maximum atomic E-state index is 6.10. The van der Waals surface area contributed by atoms with E-state index in [4.69, 9.17) is 4.74 Å². The van der Waals surface area contributed by atoms with Crippen LogP contribution in [0.4, 0.5) is 0 Å². The van der Waals surface area contributed by atoms with Gasteiger partial charge in [0.15, 0.2) is 0 Å². The van der Waals surface area contributed by atoms with Crippen LogP contribution in [-0.4, -0.2) is 73.9 Å². The highest BCUT2D eigenvalue weighted by atomic mass is 16.5. The van der Waals surface area contributed by atoms with Crippen molar-refractivity contribution in [3.05, 3.63) is 0 Å². The molecule has 0 aromatic heterocycles. The second kappa shape index (κ2) is 5.91. The molecule has 4 rings (SSSR count). The zero-order valence-corrected chi connectivity index (χ0v) is 12.6. The number of hydrogen-bond donors (Lipinski definition) is 1. The van der Waals surface area contributed by atoms with Crippen LogP contribution in [0.15, 0.2) is 0 Å². The first-order chi connectivity index (χ1) is 9.87. The predicted octanol–water partition coefficient (Wildman–Crippen LogP) is 0.924. The highest BCUT2D eigenvalue weighted by Crippen LogP contribution is 2.25. The second-order valence-corrected chi connectivity index (χ2v) is 7.34. The molecular weight excluding hydrogens is 250 g/mol. The van der Waals surface area contributed by atoms with Crippen LogP contribution < -0.4 is 5.32 Å². The lowest BCUT2D eigenvalue weighted by molar-refractivity contribution is -0.0592. The molecule has 0 aromatic rings. The highest BCUT2D eigenvalue weighted by molar-refractivity contribution is 4.88. The van der Waals surface area contributed by atoms with Crippen LogP contribution in [-0.2, 0) is 4.74 Å². The molecule has 3 unspecified atom stereocenters. The van der Waals surface area contributed by atoms with E-state index < -0.39 is 0 Å². The van der Waals surface area contributed by atoms with Gasteiger partial charge < -0.3 is 15.0 Å². The predicted molar refractivity (Wildman–Crippen MR) is 79.9 cm³/mol. The Labute approximate surface area is 122 Å². The largest absolute Gasteiger partial charge is 0.374 e. The molecule has 4 fully saturated rings. The summed E-state index contributed by atoms with van der Waals surface area (Å²) in [5, 5.41) is 3.69. The molecule has 3 saturated heterocycles. The fraction of sp³-hybridized carbons (Fsp3) is 1.00. The van der Waals surface area contributed by atoms with E-state index in [0.717, 1.165) is 31.2 Å². The van der Waals surface area contributed by atoms with E-state index in [1.807, 2.05) is 0 Å². The fourth-order valence-electron chi connectivity index (χ4n) is 4.15. The van der Waals surface area contributed by atoms with E-state index in [-0.39, 0.29) is 0 Å². The summed E-state index contributed by atoms with van der Waals surface area (Å²) < 4.78 is 6.10. The van der Waals surface area contributed by atoms with Gasteiger partial charge in [-0.05, 0) is 57.7 Å². The average Bonchev–Trinajstić information content (AvgIpc) is 2.99. The van der Waals surface area contributed by atoms with E-state index in [1.54, 1.807) is 0 Å².